The summed E-state index contributed by atoms with van der Waals surface area (Å²) in [4.78, 5) is 4.78. The Hall–Kier alpha value is -2.87. The average Bonchev–Trinajstić information content (AvgIpc) is 3.16. The number of aryl methyl sites for hydroxylation is 2. The van der Waals surface area contributed by atoms with Crippen LogP contribution in [0.2, 0.25) is 0 Å². The van der Waals surface area contributed by atoms with E-state index in [2.05, 4.69) is 15.5 Å². The maximum absolute atomic E-state index is 5.50. The van der Waals surface area contributed by atoms with Crippen LogP contribution in [0.25, 0.3) is 10.9 Å². The second kappa shape index (κ2) is 8.88. The van der Waals surface area contributed by atoms with Crippen molar-refractivity contribution in [1.82, 2.24) is 19.7 Å². The molecule has 0 aliphatic heterocycles. The van der Waals surface area contributed by atoms with Gasteiger partial charge in [0.05, 0.1) is 20.3 Å². The van der Waals surface area contributed by atoms with Gasteiger partial charge in [-0.05, 0) is 44.0 Å². The van der Waals surface area contributed by atoms with Crippen molar-refractivity contribution in [3.63, 3.8) is 0 Å². The minimum atomic E-state index is -0.0639. The normalized spacial score (nSPS) is 12.2. The van der Waals surface area contributed by atoms with Gasteiger partial charge in [0, 0.05) is 25.6 Å². The van der Waals surface area contributed by atoms with Crippen LogP contribution in [0.3, 0.4) is 0 Å². The van der Waals surface area contributed by atoms with E-state index < -0.39 is 0 Å². The first-order chi connectivity index (χ1) is 13.6. The Bertz CT molecular complexity index is 941. The van der Waals surface area contributed by atoms with Crippen LogP contribution in [0, 0.1) is 6.92 Å². The summed E-state index contributed by atoms with van der Waals surface area (Å²) in [7, 11) is 5.00. The van der Waals surface area contributed by atoms with Crippen molar-refractivity contribution in [3.8, 4) is 11.5 Å². The van der Waals surface area contributed by atoms with Crippen molar-refractivity contribution in [2.24, 2.45) is 0 Å². The van der Waals surface area contributed by atoms with Crippen LogP contribution in [-0.2, 0) is 11.3 Å². The highest BCUT2D eigenvalue weighted by molar-refractivity contribution is 5.94. The van der Waals surface area contributed by atoms with Crippen LogP contribution in [0.15, 0.2) is 24.5 Å². The molecule has 0 radical (unpaired) electrons. The second-order valence-corrected chi connectivity index (χ2v) is 6.61. The molecule has 0 saturated heterocycles. The van der Waals surface area contributed by atoms with E-state index in [9.17, 15) is 0 Å². The van der Waals surface area contributed by atoms with Crippen LogP contribution < -0.4 is 14.8 Å². The van der Waals surface area contributed by atoms with E-state index in [-0.39, 0.29) is 6.04 Å². The lowest BCUT2D eigenvalue weighted by atomic mass is 10.1. The number of hydrogen-bond donors (Lipinski definition) is 1. The van der Waals surface area contributed by atoms with Crippen molar-refractivity contribution in [1.29, 1.82) is 0 Å². The van der Waals surface area contributed by atoms with Gasteiger partial charge in [0.15, 0.2) is 5.82 Å². The third-order valence-electron chi connectivity index (χ3n) is 4.67. The Morgan fingerprint density at radius 2 is 1.89 bits per heavy atom. The highest BCUT2D eigenvalue weighted by Crippen LogP contribution is 2.35. The molecule has 2 aromatic heterocycles. The van der Waals surface area contributed by atoms with Crippen LogP contribution >= 0.6 is 0 Å². The molecule has 2 heterocycles. The lowest BCUT2D eigenvalue weighted by molar-refractivity contribution is 0.190. The average molecular weight is 385 g/mol. The smallest absolute Gasteiger partial charge is 0.155 e. The molecule has 1 N–H and O–H groups in total. The molecule has 0 spiro atoms. The highest BCUT2D eigenvalue weighted by Gasteiger charge is 2.17. The molecular formula is C20H27N5O3. The summed E-state index contributed by atoms with van der Waals surface area (Å²) in [5, 5.41) is 12.7. The molecule has 0 unspecified atom stereocenters. The predicted molar refractivity (Wildman–Crippen MR) is 108 cm³/mol. The van der Waals surface area contributed by atoms with Crippen LogP contribution in [-0.4, -0.2) is 47.7 Å². The zero-order chi connectivity index (χ0) is 20.1. The van der Waals surface area contributed by atoms with E-state index in [0.29, 0.717) is 12.4 Å². The third kappa shape index (κ3) is 4.01. The Morgan fingerprint density at radius 1 is 1.14 bits per heavy atom. The molecule has 1 aromatic carbocycles. The number of benzene rings is 1. The lowest BCUT2D eigenvalue weighted by Gasteiger charge is -2.18. The summed E-state index contributed by atoms with van der Waals surface area (Å²) in [6.45, 7) is 5.58. The Labute approximate surface area is 164 Å². The molecule has 28 heavy (non-hydrogen) atoms. The molecule has 8 nitrogen and oxygen atoms in total. The van der Waals surface area contributed by atoms with Gasteiger partial charge in [-0.15, -0.1) is 10.2 Å². The maximum Gasteiger partial charge on any atom is 0.155 e. The van der Waals surface area contributed by atoms with Crippen molar-refractivity contribution in [3.05, 3.63) is 35.9 Å². The topological polar surface area (TPSA) is 83.3 Å². The molecule has 3 aromatic rings. The van der Waals surface area contributed by atoms with Crippen molar-refractivity contribution < 1.29 is 14.2 Å². The van der Waals surface area contributed by atoms with E-state index in [1.54, 1.807) is 27.7 Å². The van der Waals surface area contributed by atoms with Gasteiger partial charge >= 0.3 is 0 Å². The van der Waals surface area contributed by atoms with Crippen molar-refractivity contribution >= 4 is 16.7 Å². The van der Waals surface area contributed by atoms with Gasteiger partial charge < -0.3 is 24.1 Å². The summed E-state index contributed by atoms with van der Waals surface area (Å²) in [5.74, 6) is 3.08. The summed E-state index contributed by atoms with van der Waals surface area (Å²) in [5.41, 5.74) is 1.81. The number of hydrogen-bond acceptors (Lipinski definition) is 7. The van der Waals surface area contributed by atoms with Gasteiger partial charge in [0.1, 0.15) is 29.2 Å². The Balaban J connectivity index is 1.90. The largest absolute Gasteiger partial charge is 0.496 e. The number of pyridine rings is 1. The second-order valence-electron chi connectivity index (χ2n) is 6.61. The first-order valence-electron chi connectivity index (χ1n) is 9.24. The van der Waals surface area contributed by atoms with Crippen molar-refractivity contribution in [2.45, 2.75) is 32.9 Å². The molecule has 8 heteroatoms. The molecule has 0 aliphatic carbocycles. The van der Waals surface area contributed by atoms with Gasteiger partial charge in [-0.3, -0.25) is 0 Å². The standard InChI is InChI=1S/C20H27N5O3/c1-13-11-17(23-19-16(28-5)8-7-15(27-4)18(13)19)22-14(2)20-24-21-12-25(20)9-6-10-26-3/h7-8,11-12,14H,6,9-10H2,1-5H3,(H,22,23)/t14-/m1/s1. The molecule has 150 valence electrons. The van der Waals surface area contributed by atoms with E-state index >= 15 is 0 Å². The summed E-state index contributed by atoms with van der Waals surface area (Å²) in [6, 6.07) is 5.71. The minimum absolute atomic E-state index is 0.0639. The predicted octanol–water partition coefficient (Wildman–Crippen LogP) is 3.36. The molecule has 0 fully saturated rings. The first kappa shape index (κ1) is 19.9. The van der Waals surface area contributed by atoms with Crippen LogP contribution in [0.5, 0.6) is 11.5 Å². The molecular weight excluding hydrogens is 358 g/mol. The molecule has 0 amide bonds. The molecule has 0 aliphatic rings. The van der Waals surface area contributed by atoms with Crippen molar-refractivity contribution in [2.75, 3.05) is 33.3 Å². The zero-order valence-electron chi connectivity index (χ0n) is 17.0. The number of aromatic nitrogens is 4. The highest BCUT2D eigenvalue weighted by atomic mass is 16.5. The molecule has 0 saturated carbocycles. The SMILES string of the molecule is COCCCn1cnnc1[C@@H](C)Nc1cc(C)c2c(OC)ccc(OC)c2n1. The van der Waals surface area contributed by atoms with Gasteiger partial charge in [0.25, 0.3) is 0 Å². The quantitative estimate of drug-likeness (QED) is 0.566. The van der Waals surface area contributed by atoms with Gasteiger partial charge in [-0.2, -0.15) is 0 Å². The van der Waals surface area contributed by atoms with E-state index in [4.69, 9.17) is 19.2 Å². The fourth-order valence-corrected chi connectivity index (χ4v) is 3.32. The number of nitrogens with one attached hydrogen (secondary N) is 1. The van der Waals surface area contributed by atoms with Gasteiger partial charge in [-0.1, -0.05) is 0 Å². The number of rotatable bonds is 9. The molecule has 1 atom stereocenters. The van der Waals surface area contributed by atoms with Crippen LogP contribution in [0.1, 0.15) is 30.8 Å². The molecule has 3 rings (SSSR count). The lowest BCUT2D eigenvalue weighted by Crippen LogP contribution is -2.15. The fourth-order valence-electron chi connectivity index (χ4n) is 3.32. The summed E-state index contributed by atoms with van der Waals surface area (Å²) < 4.78 is 18.2. The Kier molecular flexibility index (Phi) is 6.30. The van der Waals surface area contributed by atoms with E-state index in [1.165, 1.54) is 0 Å². The van der Waals surface area contributed by atoms with E-state index in [0.717, 1.165) is 46.8 Å². The summed E-state index contributed by atoms with van der Waals surface area (Å²) in [6.07, 6.45) is 2.65. The van der Waals surface area contributed by atoms with E-state index in [1.807, 2.05) is 36.6 Å². The number of anilines is 1. The maximum atomic E-state index is 5.50. The minimum Gasteiger partial charge on any atom is -0.496 e. The zero-order valence-corrected chi connectivity index (χ0v) is 17.0. The first-order valence-corrected chi connectivity index (χ1v) is 9.24. The Morgan fingerprint density at radius 3 is 2.61 bits per heavy atom. The number of fused-ring (bicyclic) bond motifs is 1. The monoisotopic (exact) mass is 385 g/mol. The molecule has 0 bridgehead atoms. The number of methoxy groups -OCH3 is 3. The number of ether oxygens (including phenoxy) is 3. The van der Waals surface area contributed by atoms with Crippen LogP contribution in [0.4, 0.5) is 5.82 Å². The summed E-state index contributed by atoms with van der Waals surface area (Å²) >= 11 is 0. The van der Waals surface area contributed by atoms with Gasteiger partial charge in [-0.25, -0.2) is 4.98 Å². The third-order valence-corrected chi connectivity index (χ3v) is 4.67. The van der Waals surface area contributed by atoms with Gasteiger partial charge in [0.2, 0.25) is 0 Å². The fraction of sp³-hybridized carbons (Fsp3) is 0.450. The number of nitrogens with zero attached hydrogens (tertiary/aromatic N) is 4.